The maximum absolute atomic E-state index is 11.5. The number of rotatable bonds is 4. The number of halogens is 1. The highest BCUT2D eigenvalue weighted by Crippen LogP contribution is 2.12. The summed E-state index contributed by atoms with van der Waals surface area (Å²) in [5.41, 5.74) is 0.352. The van der Waals surface area contributed by atoms with Gasteiger partial charge >= 0.3 is 0 Å². The molecule has 0 spiro atoms. The van der Waals surface area contributed by atoms with Crippen molar-refractivity contribution in [1.82, 2.24) is 10.3 Å². The van der Waals surface area contributed by atoms with E-state index in [-0.39, 0.29) is 5.91 Å². The number of aromatic nitrogens is 1. The summed E-state index contributed by atoms with van der Waals surface area (Å²) in [5.74, 6) is -0.270. The second-order valence-corrected chi connectivity index (χ2v) is 3.66. The van der Waals surface area contributed by atoms with E-state index in [9.17, 15) is 4.79 Å². The van der Waals surface area contributed by atoms with Gasteiger partial charge in [0.05, 0.1) is 16.7 Å². The topological polar surface area (TPSA) is 62.2 Å². The van der Waals surface area contributed by atoms with Crippen LogP contribution in [0.1, 0.15) is 23.7 Å². The lowest BCUT2D eigenvalue weighted by molar-refractivity contribution is 0.0945. The maximum Gasteiger partial charge on any atom is 0.254 e. The zero-order valence-corrected chi connectivity index (χ0v) is 9.16. The number of carbonyl (C=O) groups excluding carboxylic acids is 1. The van der Waals surface area contributed by atoms with E-state index in [0.29, 0.717) is 23.6 Å². The second-order valence-electron chi connectivity index (χ2n) is 3.25. The lowest BCUT2D eigenvalue weighted by atomic mass is 10.2. The Balaban J connectivity index is 2.51. The van der Waals surface area contributed by atoms with E-state index in [1.165, 1.54) is 12.4 Å². The second kappa shape index (κ2) is 5.68. The first-order valence-corrected chi connectivity index (χ1v) is 5.05. The first-order valence-electron chi connectivity index (χ1n) is 4.67. The van der Waals surface area contributed by atoms with Crippen LogP contribution in [0.25, 0.3) is 0 Å². The van der Waals surface area contributed by atoms with Gasteiger partial charge in [-0.2, -0.15) is 0 Å². The van der Waals surface area contributed by atoms with Crippen molar-refractivity contribution in [2.45, 2.75) is 19.4 Å². The summed E-state index contributed by atoms with van der Waals surface area (Å²) in [5, 5.41) is 12.0. The highest BCUT2D eigenvalue weighted by atomic mass is 35.5. The van der Waals surface area contributed by atoms with Gasteiger partial charge in [0, 0.05) is 18.9 Å². The molecular formula is C10H13ClN2O2. The summed E-state index contributed by atoms with van der Waals surface area (Å²) in [6.45, 7) is 2.09. The molecule has 1 amide bonds. The van der Waals surface area contributed by atoms with E-state index in [0.717, 1.165) is 0 Å². The summed E-state index contributed by atoms with van der Waals surface area (Å²) in [7, 11) is 0. The Morgan fingerprint density at radius 2 is 2.47 bits per heavy atom. The number of nitrogens with zero attached hydrogens (tertiary/aromatic N) is 1. The normalized spacial score (nSPS) is 12.2. The molecule has 0 saturated carbocycles. The minimum absolute atomic E-state index is 0.270. The van der Waals surface area contributed by atoms with Crippen molar-refractivity contribution in [2.75, 3.05) is 6.54 Å². The van der Waals surface area contributed by atoms with E-state index < -0.39 is 6.10 Å². The number of amides is 1. The average Bonchev–Trinajstić information content (AvgIpc) is 2.17. The Morgan fingerprint density at radius 1 is 1.73 bits per heavy atom. The molecule has 1 heterocycles. The monoisotopic (exact) mass is 228 g/mol. The molecule has 0 bridgehead atoms. The SMILES string of the molecule is CC(O)CCNC(=O)c1cnccc1Cl. The molecule has 82 valence electrons. The molecule has 0 aliphatic rings. The van der Waals surface area contributed by atoms with Crippen molar-refractivity contribution in [3.8, 4) is 0 Å². The van der Waals surface area contributed by atoms with E-state index in [2.05, 4.69) is 10.3 Å². The lowest BCUT2D eigenvalue weighted by Crippen LogP contribution is -2.26. The van der Waals surface area contributed by atoms with Crippen LogP contribution in [0.4, 0.5) is 0 Å². The summed E-state index contributed by atoms with van der Waals surface area (Å²) in [6, 6.07) is 1.56. The fourth-order valence-corrected chi connectivity index (χ4v) is 1.23. The largest absolute Gasteiger partial charge is 0.393 e. The molecule has 0 radical (unpaired) electrons. The van der Waals surface area contributed by atoms with Gasteiger partial charge in [0.25, 0.3) is 5.91 Å². The van der Waals surface area contributed by atoms with Gasteiger partial charge in [0.2, 0.25) is 0 Å². The van der Waals surface area contributed by atoms with Gasteiger partial charge in [-0.25, -0.2) is 0 Å². The van der Waals surface area contributed by atoms with Crippen LogP contribution in [-0.2, 0) is 0 Å². The quantitative estimate of drug-likeness (QED) is 0.815. The van der Waals surface area contributed by atoms with Crippen molar-refractivity contribution < 1.29 is 9.90 Å². The first-order chi connectivity index (χ1) is 7.11. The standard InChI is InChI=1S/C10H13ClN2O2/c1-7(14)2-5-13-10(15)8-6-12-4-3-9(8)11/h3-4,6-7,14H,2,5H2,1H3,(H,13,15). The van der Waals surface area contributed by atoms with Crippen molar-refractivity contribution in [3.05, 3.63) is 29.0 Å². The van der Waals surface area contributed by atoms with E-state index in [1.54, 1.807) is 13.0 Å². The fraction of sp³-hybridized carbons (Fsp3) is 0.400. The maximum atomic E-state index is 11.5. The third-order valence-electron chi connectivity index (χ3n) is 1.86. The van der Waals surface area contributed by atoms with Crippen LogP contribution < -0.4 is 5.32 Å². The molecular weight excluding hydrogens is 216 g/mol. The minimum atomic E-state index is -0.422. The predicted molar refractivity (Wildman–Crippen MR) is 57.9 cm³/mol. The van der Waals surface area contributed by atoms with Gasteiger partial charge in [-0.15, -0.1) is 0 Å². The van der Waals surface area contributed by atoms with Crippen LogP contribution in [0.3, 0.4) is 0 Å². The van der Waals surface area contributed by atoms with Gasteiger partial charge in [0.15, 0.2) is 0 Å². The average molecular weight is 229 g/mol. The van der Waals surface area contributed by atoms with Crippen LogP contribution in [0.2, 0.25) is 5.02 Å². The number of hydrogen-bond donors (Lipinski definition) is 2. The molecule has 1 aromatic heterocycles. The zero-order chi connectivity index (χ0) is 11.3. The molecule has 0 aromatic carbocycles. The minimum Gasteiger partial charge on any atom is -0.393 e. The molecule has 1 aromatic rings. The Morgan fingerprint density at radius 3 is 3.07 bits per heavy atom. The van der Waals surface area contributed by atoms with Crippen LogP contribution in [-0.4, -0.2) is 28.6 Å². The van der Waals surface area contributed by atoms with Crippen molar-refractivity contribution >= 4 is 17.5 Å². The van der Waals surface area contributed by atoms with E-state index in [4.69, 9.17) is 16.7 Å². The van der Waals surface area contributed by atoms with Crippen LogP contribution in [0, 0.1) is 0 Å². The molecule has 2 N–H and O–H groups in total. The molecule has 5 heteroatoms. The molecule has 1 rings (SSSR count). The smallest absolute Gasteiger partial charge is 0.254 e. The molecule has 0 aliphatic heterocycles. The van der Waals surface area contributed by atoms with Crippen molar-refractivity contribution in [1.29, 1.82) is 0 Å². The summed E-state index contributed by atoms with van der Waals surface area (Å²) in [4.78, 5) is 15.3. The number of pyridine rings is 1. The molecule has 1 unspecified atom stereocenters. The Labute approximate surface area is 93.3 Å². The summed E-state index contributed by atoms with van der Waals surface area (Å²) in [6.07, 6.45) is 3.04. The highest BCUT2D eigenvalue weighted by molar-refractivity contribution is 6.33. The van der Waals surface area contributed by atoms with Gasteiger partial charge in [0.1, 0.15) is 0 Å². The number of nitrogens with one attached hydrogen (secondary N) is 1. The van der Waals surface area contributed by atoms with Crippen LogP contribution in [0.5, 0.6) is 0 Å². The van der Waals surface area contributed by atoms with Gasteiger partial charge in [-0.05, 0) is 19.4 Å². The molecule has 0 aliphatic carbocycles. The third kappa shape index (κ3) is 3.85. The first kappa shape index (κ1) is 11.9. The van der Waals surface area contributed by atoms with Gasteiger partial charge in [-0.3, -0.25) is 9.78 Å². The van der Waals surface area contributed by atoms with Crippen LogP contribution in [0.15, 0.2) is 18.5 Å². The van der Waals surface area contributed by atoms with Crippen molar-refractivity contribution in [3.63, 3.8) is 0 Å². The predicted octanol–water partition coefficient (Wildman–Crippen LogP) is 1.24. The fourth-order valence-electron chi connectivity index (χ4n) is 1.03. The highest BCUT2D eigenvalue weighted by Gasteiger charge is 2.09. The number of aliphatic hydroxyl groups is 1. The summed E-state index contributed by atoms with van der Waals surface area (Å²) < 4.78 is 0. The number of carbonyl (C=O) groups is 1. The molecule has 1 atom stereocenters. The van der Waals surface area contributed by atoms with Gasteiger partial charge in [-0.1, -0.05) is 11.6 Å². The Kier molecular flexibility index (Phi) is 4.52. The van der Waals surface area contributed by atoms with Crippen LogP contribution >= 0.6 is 11.6 Å². The summed E-state index contributed by atoms with van der Waals surface area (Å²) >= 11 is 5.81. The molecule has 15 heavy (non-hydrogen) atoms. The van der Waals surface area contributed by atoms with E-state index in [1.807, 2.05) is 0 Å². The van der Waals surface area contributed by atoms with Gasteiger partial charge < -0.3 is 10.4 Å². The zero-order valence-electron chi connectivity index (χ0n) is 8.40. The lowest BCUT2D eigenvalue weighted by Gasteiger charge is -2.07. The number of aliphatic hydroxyl groups excluding tert-OH is 1. The third-order valence-corrected chi connectivity index (χ3v) is 2.19. The Bertz CT molecular complexity index is 342. The Hall–Kier alpha value is -1.13. The van der Waals surface area contributed by atoms with Crippen molar-refractivity contribution in [2.24, 2.45) is 0 Å². The van der Waals surface area contributed by atoms with E-state index >= 15 is 0 Å². The molecule has 0 saturated heterocycles. The molecule has 4 nitrogen and oxygen atoms in total. The molecule has 0 fully saturated rings. The number of hydrogen-bond acceptors (Lipinski definition) is 3.